The molecule has 1 heterocycles. The second-order valence-electron chi connectivity index (χ2n) is 3.32. The van der Waals surface area contributed by atoms with E-state index in [0.29, 0.717) is 11.6 Å². The van der Waals surface area contributed by atoms with Crippen LogP contribution in [-0.2, 0) is 0 Å². The van der Waals surface area contributed by atoms with E-state index in [1.165, 1.54) is 0 Å². The number of carboxylic acid groups (broad SMARTS) is 1. The molecule has 1 fully saturated rings. The number of aromatic nitrogens is 2. The van der Waals surface area contributed by atoms with Crippen LogP contribution < -0.4 is 5.73 Å². The van der Waals surface area contributed by atoms with Gasteiger partial charge in [-0.15, -0.1) is 0 Å². The average Bonchev–Trinajstić information content (AvgIpc) is 2.27. The molecule has 13 heavy (non-hydrogen) atoms. The Labute approximate surface area is 75.0 Å². The van der Waals surface area contributed by atoms with Crippen molar-refractivity contribution >= 4 is 11.9 Å². The average molecular weight is 181 g/mol. The second kappa shape index (κ2) is 2.76. The van der Waals surface area contributed by atoms with Gasteiger partial charge in [0.2, 0.25) is 0 Å². The van der Waals surface area contributed by atoms with Gasteiger partial charge >= 0.3 is 5.97 Å². The van der Waals surface area contributed by atoms with E-state index in [4.69, 9.17) is 10.8 Å². The van der Waals surface area contributed by atoms with Crippen molar-refractivity contribution in [1.29, 1.82) is 0 Å². The molecule has 0 saturated heterocycles. The summed E-state index contributed by atoms with van der Waals surface area (Å²) in [6, 6.07) is 0. The van der Waals surface area contributed by atoms with E-state index in [2.05, 4.69) is 9.97 Å². The van der Waals surface area contributed by atoms with E-state index in [1.807, 2.05) is 0 Å². The lowest BCUT2D eigenvalue weighted by molar-refractivity contribution is 0.0688. The molecular weight excluding hydrogens is 170 g/mol. The first-order valence-electron chi connectivity index (χ1n) is 4.27. The lowest BCUT2D eigenvalue weighted by Crippen LogP contribution is -2.13. The number of imidazole rings is 1. The highest BCUT2D eigenvalue weighted by Crippen LogP contribution is 2.37. The Morgan fingerprint density at radius 1 is 1.62 bits per heavy atom. The number of hydrogen-bond donors (Lipinski definition) is 3. The van der Waals surface area contributed by atoms with Gasteiger partial charge in [0.25, 0.3) is 0 Å². The minimum atomic E-state index is -1.00. The van der Waals surface area contributed by atoms with E-state index < -0.39 is 5.97 Å². The third kappa shape index (κ3) is 1.26. The van der Waals surface area contributed by atoms with Gasteiger partial charge in [0.1, 0.15) is 0 Å². The minimum absolute atomic E-state index is 0.0854. The van der Waals surface area contributed by atoms with Crippen LogP contribution in [0.15, 0.2) is 0 Å². The number of carboxylic acids is 1. The Kier molecular flexibility index (Phi) is 1.72. The molecule has 0 aliphatic heterocycles. The predicted molar refractivity (Wildman–Crippen MR) is 46.6 cm³/mol. The molecule has 0 unspecified atom stereocenters. The third-order valence-corrected chi connectivity index (χ3v) is 2.47. The Bertz CT molecular complexity index is 341. The van der Waals surface area contributed by atoms with E-state index in [1.54, 1.807) is 0 Å². The molecule has 0 bridgehead atoms. The summed E-state index contributed by atoms with van der Waals surface area (Å²) in [6.45, 7) is 0. The van der Waals surface area contributed by atoms with Crippen molar-refractivity contribution in [2.75, 3.05) is 5.73 Å². The molecule has 2 rings (SSSR count). The molecular formula is C8H11N3O2. The number of nitrogens with zero attached hydrogens (tertiary/aromatic N) is 1. The van der Waals surface area contributed by atoms with Crippen LogP contribution in [-0.4, -0.2) is 21.0 Å². The summed E-state index contributed by atoms with van der Waals surface area (Å²) < 4.78 is 0. The predicted octanol–water partition coefficient (Wildman–Crippen LogP) is 0.958. The van der Waals surface area contributed by atoms with Crippen LogP contribution in [0.2, 0.25) is 0 Å². The molecule has 5 heteroatoms. The van der Waals surface area contributed by atoms with E-state index >= 15 is 0 Å². The first kappa shape index (κ1) is 8.10. The molecule has 1 aliphatic carbocycles. The quantitative estimate of drug-likeness (QED) is 0.633. The fraction of sp³-hybridized carbons (Fsp3) is 0.500. The first-order valence-corrected chi connectivity index (χ1v) is 4.27. The number of rotatable bonds is 2. The number of anilines is 1. The lowest BCUT2D eigenvalue weighted by atomic mass is 9.82. The molecule has 0 atom stereocenters. The van der Waals surface area contributed by atoms with Crippen LogP contribution in [0, 0.1) is 0 Å². The molecule has 1 aromatic heterocycles. The molecule has 0 spiro atoms. The first-order chi connectivity index (χ1) is 6.18. The van der Waals surface area contributed by atoms with E-state index in [9.17, 15) is 4.79 Å². The Morgan fingerprint density at radius 3 is 2.77 bits per heavy atom. The number of aromatic amines is 1. The number of carbonyl (C=O) groups is 1. The normalized spacial score (nSPS) is 16.9. The van der Waals surface area contributed by atoms with Gasteiger partial charge in [-0.25, -0.2) is 9.78 Å². The standard InChI is InChI=1S/C8H11N3O2/c9-8-10-5(4-2-1-3-4)6(11-8)7(12)13/h4H,1-3H2,(H,12,13)(H3,9,10,11). The maximum absolute atomic E-state index is 10.7. The Hall–Kier alpha value is -1.52. The maximum atomic E-state index is 10.7. The van der Waals surface area contributed by atoms with Gasteiger partial charge in [-0.2, -0.15) is 0 Å². The van der Waals surface area contributed by atoms with Gasteiger partial charge in [0.15, 0.2) is 11.6 Å². The van der Waals surface area contributed by atoms with Crippen molar-refractivity contribution < 1.29 is 9.90 Å². The molecule has 5 nitrogen and oxygen atoms in total. The van der Waals surface area contributed by atoms with Crippen LogP contribution in [0.1, 0.15) is 41.4 Å². The largest absolute Gasteiger partial charge is 0.476 e. The Morgan fingerprint density at radius 2 is 2.31 bits per heavy atom. The lowest BCUT2D eigenvalue weighted by Gasteiger charge is -2.24. The van der Waals surface area contributed by atoms with Crippen LogP contribution in [0.25, 0.3) is 0 Å². The molecule has 1 aromatic rings. The molecule has 0 radical (unpaired) electrons. The summed E-state index contributed by atoms with van der Waals surface area (Å²) in [5.41, 5.74) is 6.18. The van der Waals surface area contributed by atoms with Crippen molar-refractivity contribution in [2.24, 2.45) is 0 Å². The van der Waals surface area contributed by atoms with Crippen molar-refractivity contribution in [1.82, 2.24) is 9.97 Å². The number of H-pyrrole nitrogens is 1. The fourth-order valence-corrected chi connectivity index (χ4v) is 1.56. The SMILES string of the molecule is Nc1nc(C(=O)O)c(C2CCC2)[nH]1. The second-order valence-corrected chi connectivity index (χ2v) is 3.32. The number of nitrogen functional groups attached to an aromatic ring is 1. The summed E-state index contributed by atoms with van der Waals surface area (Å²) in [7, 11) is 0. The van der Waals surface area contributed by atoms with Gasteiger partial charge in [-0.3, -0.25) is 0 Å². The van der Waals surface area contributed by atoms with E-state index in [-0.39, 0.29) is 11.6 Å². The van der Waals surface area contributed by atoms with Gasteiger partial charge in [0, 0.05) is 5.92 Å². The van der Waals surface area contributed by atoms with Crippen LogP contribution in [0.3, 0.4) is 0 Å². The van der Waals surface area contributed by atoms with Gasteiger partial charge < -0.3 is 15.8 Å². The van der Waals surface area contributed by atoms with Crippen molar-refractivity contribution in [3.8, 4) is 0 Å². The summed E-state index contributed by atoms with van der Waals surface area (Å²) in [5.74, 6) is -0.495. The number of aromatic carboxylic acids is 1. The summed E-state index contributed by atoms with van der Waals surface area (Å²) in [4.78, 5) is 17.3. The summed E-state index contributed by atoms with van der Waals surface area (Å²) >= 11 is 0. The third-order valence-electron chi connectivity index (χ3n) is 2.47. The van der Waals surface area contributed by atoms with E-state index in [0.717, 1.165) is 19.3 Å². The summed E-state index contributed by atoms with van der Waals surface area (Å²) in [6.07, 6.45) is 3.21. The molecule has 1 aliphatic rings. The van der Waals surface area contributed by atoms with Gasteiger partial charge in [-0.05, 0) is 12.8 Å². The minimum Gasteiger partial charge on any atom is -0.476 e. The van der Waals surface area contributed by atoms with Crippen molar-refractivity contribution in [2.45, 2.75) is 25.2 Å². The van der Waals surface area contributed by atoms with Crippen molar-refractivity contribution in [3.05, 3.63) is 11.4 Å². The zero-order valence-corrected chi connectivity index (χ0v) is 7.08. The van der Waals surface area contributed by atoms with Crippen LogP contribution in [0.5, 0.6) is 0 Å². The molecule has 70 valence electrons. The van der Waals surface area contributed by atoms with Crippen molar-refractivity contribution in [3.63, 3.8) is 0 Å². The number of nitrogens with one attached hydrogen (secondary N) is 1. The zero-order valence-electron chi connectivity index (χ0n) is 7.08. The van der Waals surface area contributed by atoms with Crippen LogP contribution in [0.4, 0.5) is 5.95 Å². The number of hydrogen-bond acceptors (Lipinski definition) is 3. The van der Waals surface area contributed by atoms with Crippen LogP contribution >= 0.6 is 0 Å². The highest BCUT2D eigenvalue weighted by molar-refractivity contribution is 5.87. The molecule has 0 aromatic carbocycles. The molecule has 0 amide bonds. The van der Waals surface area contributed by atoms with Gasteiger partial charge in [-0.1, -0.05) is 6.42 Å². The fourth-order valence-electron chi connectivity index (χ4n) is 1.56. The molecule has 1 saturated carbocycles. The smallest absolute Gasteiger partial charge is 0.356 e. The maximum Gasteiger partial charge on any atom is 0.356 e. The number of nitrogens with two attached hydrogens (primary N) is 1. The highest BCUT2D eigenvalue weighted by atomic mass is 16.4. The summed E-state index contributed by atoms with van der Waals surface area (Å²) in [5, 5.41) is 8.81. The monoisotopic (exact) mass is 181 g/mol. The highest BCUT2D eigenvalue weighted by Gasteiger charge is 2.27. The molecule has 4 N–H and O–H groups in total. The topological polar surface area (TPSA) is 92.0 Å². The van der Waals surface area contributed by atoms with Gasteiger partial charge in [0.05, 0.1) is 5.69 Å². The Balaban J connectivity index is 2.36. The zero-order chi connectivity index (χ0) is 9.42.